The summed E-state index contributed by atoms with van der Waals surface area (Å²) in [5.74, 6) is -0.157. The van der Waals surface area contributed by atoms with Gasteiger partial charge in [0.2, 0.25) is 0 Å². The van der Waals surface area contributed by atoms with E-state index in [4.69, 9.17) is 4.74 Å². The average molecular weight is 314 g/mol. The molecule has 0 aromatic carbocycles. The third kappa shape index (κ3) is 10.2. The molecule has 0 aliphatic carbocycles. The van der Waals surface area contributed by atoms with Crippen LogP contribution in [0.2, 0.25) is 0 Å². The van der Waals surface area contributed by atoms with Crippen molar-refractivity contribution in [3.63, 3.8) is 0 Å². The molecule has 0 radical (unpaired) electrons. The van der Waals surface area contributed by atoms with Crippen LogP contribution in [0.25, 0.3) is 0 Å². The van der Waals surface area contributed by atoms with Gasteiger partial charge in [-0.25, -0.2) is 0 Å². The number of hydrogen-bond donors (Lipinski definition) is 1. The van der Waals surface area contributed by atoms with Crippen molar-refractivity contribution < 1.29 is 30.7 Å². The number of nitrogens with one attached hydrogen (secondary N) is 1. The number of alkyl halides is 2. The summed E-state index contributed by atoms with van der Waals surface area (Å²) in [6.07, 6.45) is 1.25. The van der Waals surface area contributed by atoms with Crippen molar-refractivity contribution >= 4 is 5.97 Å². The third-order valence-electron chi connectivity index (χ3n) is 1.74. The Balaban J connectivity index is 3.09. The number of ether oxygens (including phenoxy) is 1. The molecular weight excluding hydrogens is 293 g/mol. The SMILES string of the molecule is CCN[C@@H](C)CC[I-]CCOC(C)=O. The molecule has 4 heteroatoms. The molecule has 0 aliphatic rings. The fourth-order valence-electron chi connectivity index (χ4n) is 1.02. The monoisotopic (exact) mass is 314 g/mol. The van der Waals surface area contributed by atoms with Gasteiger partial charge in [0.15, 0.2) is 0 Å². The molecule has 14 heavy (non-hydrogen) atoms. The van der Waals surface area contributed by atoms with Gasteiger partial charge >= 0.3 is 97.3 Å². The molecule has 0 heterocycles. The van der Waals surface area contributed by atoms with Crippen LogP contribution in [0, 0.1) is 0 Å². The van der Waals surface area contributed by atoms with E-state index < -0.39 is 0 Å². The zero-order valence-corrected chi connectivity index (χ0v) is 11.5. The Morgan fingerprint density at radius 3 is 2.79 bits per heavy atom. The second-order valence-electron chi connectivity index (χ2n) is 3.15. The first-order valence-corrected chi connectivity index (χ1v) is 8.12. The molecule has 0 spiro atoms. The summed E-state index contributed by atoms with van der Waals surface area (Å²) in [6, 6.07) is 0.633. The second-order valence-corrected chi connectivity index (χ2v) is 6.39. The van der Waals surface area contributed by atoms with E-state index >= 15 is 0 Å². The van der Waals surface area contributed by atoms with E-state index in [1.165, 1.54) is 17.8 Å². The van der Waals surface area contributed by atoms with Gasteiger partial charge in [0.25, 0.3) is 0 Å². The first kappa shape index (κ1) is 14.2. The van der Waals surface area contributed by atoms with Gasteiger partial charge in [-0.2, -0.15) is 0 Å². The summed E-state index contributed by atoms with van der Waals surface area (Å²) >= 11 is 0.231. The Bertz CT molecular complexity index is 153. The number of carbonyl (C=O) groups excluding carboxylic acids is 1. The van der Waals surface area contributed by atoms with E-state index in [9.17, 15) is 4.79 Å². The Morgan fingerprint density at radius 1 is 1.50 bits per heavy atom. The van der Waals surface area contributed by atoms with Crippen LogP contribution in [-0.4, -0.2) is 34.0 Å². The molecule has 0 unspecified atom stereocenters. The summed E-state index contributed by atoms with van der Waals surface area (Å²) in [5, 5.41) is 3.39. The third-order valence-corrected chi connectivity index (χ3v) is 4.33. The van der Waals surface area contributed by atoms with Gasteiger partial charge in [-0.3, -0.25) is 0 Å². The van der Waals surface area contributed by atoms with E-state index in [1.807, 2.05) is 0 Å². The van der Waals surface area contributed by atoms with Crippen molar-refractivity contribution in [3.05, 3.63) is 0 Å². The van der Waals surface area contributed by atoms with Gasteiger partial charge in [0.05, 0.1) is 0 Å². The number of rotatable bonds is 8. The molecule has 0 bridgehead atoms. The standard InChI is InChI=1S/C10H21INO2/c1-4-12-9(2)5-6-11-7-8-14-10(3)13/h9,12H,4-8H2,1-3H3/q-1/t9-/m0/s1. The second kappa shape index (κ2) is 9.71. The van der Waals surface area contributed by atoms with Crippen molar-refractivity contribution in [2.24, 2.45) is 0 Å². The van der Waals surface area contributed by atoms with Crippen molar-refractivity contribution in [2.45, 2.75) is 33.2 Å². The summed E-state index contributed by atoms with van der Waals surface area (Å²) in [6.45, 7) is 7.49. The molecule has 1 N–H and O–H groups in total. The maximum atomic E-state index is 10.4. The van der Waals surface area contributed by atoms with Gasteiger partial charge in [0.1, 0.15) is 0 Å². The molecule has 86 valence electrons. The van der Waals surface area contributed by atoms with E-state index in [0.29, 0.717) is 12.6 Å². The van der Waals surface area contributed by atoms with Crippen LogP contribution in [0.15, 0.2) is 0 Å². The zero-order chi connectivity index (χ0) is 10.8. The van der Waals surface area contributed by atoms with Crippen LogP contribution in [0.1, 0.15) is 27.2 Å². The molecule has 0 fully saturated rings. The average Bonchev–Trinajstić information content (AvgIpc) is 2.11. The van der Waals surface area contributed by atoms with Gasteiger partial charge in [-0.05, 0) is 0 Å². The first-order chi connectivity index (χ1) is 6.66. The summed E-state index contributed by atoms with van der Waals surface area (Å²) in [5.41, 5.74) is 0. The van der Waals surface area contributed by atoms with E-state index in [-0.39, 0.29) is 27.2 Å². The Hall–Kier alpha value is 0.160. The van der Waals surface area contributed by atoms with Gasteiger partial charge in [-0.1, -0.05) is 0 Å². The van der Waals surface area contributed by atoms with Gasteiger partial charge < -0.3 is 0 Å². The maximum absolute atomic E-state index is 10.4. The molecule has 0 aromatic rings. The normalized spacial score (nSPS) is 12.8. The minimum atomic E-state index is -0.157. The molecule has 0 aromatic heterocycles. The van der Waals surface area contributed by atoms with Crippen LogP contribution in [0.5, 0.6) is 0 Å². The molecule has 0 rings (SSSR count). The van der Waals surface area contributed by atoms with Crippen molar-refractivity contribution in [3.8, 4) is 0 Å². The summed E-state index contributed by atoms with van der Waals surface area (Å²) in [7, 11) is 0. The van der Waals surface area contributed by atoms with E-state index in [1.54, 1.807) is 0 Å². The van der Waals surface area contributed by atoms with Crippen LogP contribution < -0.4 is 26.5 Å². The van der Waals surface area contributed by atoms with Crippen molar-refractivity contribution in [1.82, 2.24) is 5.32 Å². The van der Waals surface area contributed by atoms with E-state index in [2.05, 4.69) is 19.2 Å². The summed E-state index contributed by atoms with van der Waals surface area (Å²) < 4.78 is 7.28. The van der Waals surface area contributed by atoms with Crippen molar-refractivity contribution in [2.75, 3.05) is 22.0 Å². The fourth-order valence-corrected chi connectivity index (χ4v) is 3.47. The molecule has 0 amide bonds. The number of hydrogen-bond acceptors (Lipinski definition) is 3. The first-order valence-electron chi connectivity index (χ1n) is 5.07. The predicted octanol–water partition coefficient (Wildman–Crippen LogP) is -1.97. The van der Waals surface area contributed by atoms with Crippen LogP contribution in [-0.2, 0) is 9.53 Å². The molecule has 0 saturated carbocycles. The topological polar surface area (TPSA) is 38.3 Å². The van der Waals surface area contributed by atoms with Crippen LogP contribution >= 0.6 is 0 Å². The Morgan fingerprint density at radius 2 is 2.21 bits per heavy atom. The van der Waals surface area contributed by atoms with Crippen LogP contribution in [0.3, 0.4) is 0 Å². The number of halogens is 1. The van der Waals surface area contributed by atoms with Gasteiger partial charge in [0, 0.05) is 0 Å². The van der Waals surface area contributed by atoms with Gasteiger partial charge in [-0.15, -0.1) is 0 Å². The van der Waals surface area contributed by atoms with Crippen LogP contribution in [0.4, 0.5) is 0 Å². The molecular formula is C10H21INO2-. The fraction of sp³-hybridized carbons (Fsp3) is 0.900. The predicted molar refractivity (Wildman–Crippen MR) is 54.1 cm³/mol. The summed E-state index contributed by atoms with van der Waals surface area (Å²) in [4.78, 5) is 10.4. The molecule has 1 atom stereocenters. The van der Waals surface area contributed by atoms with Crippen molar-refractivity contribution in [1.29, 1.82) is 0 Å². The number of carbonyl (C=O) groups is 1. The minimum absolute atomic E-state index is 0.157. The molecule has 3 nitrogen and oxygen atoms in total. The zero-order valence-electron chi connectivity index (χ0n) is 9.31. The molecule has 0 aliphatic heterocycles. The quantitative estimate of drug-likeness (QED) is 0.244. The molecule has 0 saturated heterocycles. The van der Waals surface area contributed by atoms with E-state index in [0.717, 1.165) is 11.0 Å². The Kier molecular flexibility index (Phi) is 9.82. The Labute approximate surface area is 97.2 Å². The number of esters is 1.